The molecule has 1 heterocycles. The maximum atomic E-state index is 12.0. The van der Waals surface area contributed by atoms with E-state index in [4.69, 9.17) is 4.74 Å². The molecule has 1 aliphatic rings. The molecule has 80 valence electrons. The number of ether oxygens (including phenoxy) is 1. The topological polar surface area (TPSA) is 26.3 Å². The third-order valence-electron chi connectivity index (χ3n) is 2.82. The largest absolute Gasteiger partial charge is 0.481 e. The van der Waals surface area contributed by atoms with Crippen molar-refractivity contribution in [1.29, 1.82) is 0 Å². The second-order valence-corrected chi connectivity index (χ2v) is 4.68. The minimum absolute atomic E-state index is 0.116. The average molecular weight is 269 g/mol. The third-order valence-corrected chi connectivity index (χ3v) is 4.04. The van der Waals surface area contributed by atoms with Crippen LogP contribution in [0.4, 0.5) is 0 Å². The zero-order valence-electron chi connectivity index (χ0n) is 9.06. The van der Waals surface area contributed by atoms with E-state index >= 15 is 0 Å². The van der Waals surface area contributed by atoms with Crippen LogP contribution in [0.25, 0.3) is 0 Å². The van der Waals surface area contributed by atoms with Gasteiger partial charge in [-0.2, -0.15) is 0 Å². The van der Waals surface area contributed by atoms with Crippen LogP contribution in [-0.4, -0.2) is 11.9 Å². The highest BCUT2D eigenvalue weighted by Gasteiger charge is 2.33. The quantitative estimate of drug-likeness (QED) is 0.780. The lowest BCUT2D eigenvalue weighted by Crippen LogP contribution is -2.18. The van der Waals surface area contributed by atoms with Crippen molar-refractivity contribution in [3.05, 3.63) is 27.2 Å². The minimum Gasteiger partial charge on any atom is -0.481 e. The summed E-state index contributed by atoms with van der Waals surface area (Å²) in [5.41, 5.74) is 2.85. The summed E-state index contributed by atoms with van der Waals surface area (Å²) in [5, 5.41) is 0. The van der Waals surface area contributed by atoms with Gasteiger partial charge in [-0.25, -0.2) is 0 Å². The number of carbonyl (C=O) groups is 1. The Labute approximate surface area is 97.8 Å². The number of Topliss-reactive ketones (excluding diaryl/α,β-unsaturated/α-hetero) is 1. The fraction of sp³-hybridized carbons (Fsp3) is 0.417. The predicted molar refractivity (Wildman–Crippen MR) is 62.7 cm³/mol. The number of hydrogen-bond donors (Lipinski definition) is 0. The fourth-order valence-electron chi connectivity index (χ4n) is 1.96. The van der Waals surface area contributed by atoms with Crippen molar-refractivity contribution in [2.45, 2.75) is 33.3 Å². The molecular formula is C12H13BrO2. The molecule has 0 aliphatic carbocycles. The first-order chi connectivity index (χ1) is 7.06. The summed E-state index contributed by atoms with van der Waals surface area (Å²) < 4.78 is 6.62. The smallest absolute Gasteiger partial charge is 0.207 e. The molecule has 1 aromatic carbocycles. The Balaban J connectivity index is 2.61. The van der Waals surface area contributed by atoms with Crippen LogP contribution >= 0.6 is 15.9 Å². The lowest BCUT2D eigenvalue weighted by atomic mass is 10.00. The number of carbonyl (C=O) groups excluding carboxylic acids is 1. The molecule has 0 saturated heterocycles. The highest BCUT2D eigenvalue weighted by atomic mass is 79.9. The van der Waals surface area contributed by atoms with E-state index in [9.17, 15) is 4.79 Å². The number of halogens is 1. The Morgan fingerprint density at radius 3 is 2.73 bits per heavy atom. The van der Waals surface area contributed by atoms with Crippen LogP contribution in [0.1, 0.15) is 34.8 Å². The normalized spacial score (nSPS) is 18.9. The molecule has 0 bridgehead atoms. The zero-order valence-corrected chi connectivity index (χ0v) is 10.6. The van der Waals surface area contributed by atoms with E-state index in [1.165, 1.54) is 0 Å². The van der Waals surface area contributed by atoms with Crippen LogP contribution in [0.15, 0.2) is 10.5 Å². The van der Waals surface area contributed by atoms with Crippen LogP contribution in [0.3, 0.4) is 0 Å². The van der Waals surface area contributed by atoms with Gasteiger partial charge in [0.2, 0.25) is 5.78 Å². The van der Waals surface area contributed by atoms with Gasteiger partial charge in [0.1, 0.15) is 5.75 Å². The van der Waals surface area contributed by atoms with Crippen LogP contribution in [0.2, 0.25) is 0 Å². The second kappa shape index (κ2) is 3.63. The lowest BCUT2D eigenvalue weighted by molar-refractivity contribution is 0.0852. The average Bonchev–Trinajstić information content (AvgIpc) is 2.52. The van der Waals surface area contributed by atoms with Gasteiger partial charge in [-0.15, -0.1) is 0 Å². The molecular weight excluding hydrogens is 256 g/mol. The molecule has 0 radical (unpaired) electrons. The Kier molecular flexibility index (Phi) is 2.59. The van der Waals surface area contributed by atoms with Gasteiger partial charge in [-0.3, -0.25) is 4.79 Å². The van der Waals surface area contributed by atoms with Crippen LogP contribution in [-0.2, 0) is 0 Å². The van der Waals surface area contributed by atoms with Gasteiger partial charge in [-0.1, -0.05) is 22.9 Å². The molecule has 0 spiro atoms. The number of hydrogen-bond acceptors (Lipinski definition) is 2. The van der Waals surface area contributed by atoms with Crippen LogP contribution in [0, 0.1) is 13.8 Å². The molecule has 2 nitrogen and oxygen atoms in total. The van der Waals surface area contributed by atoms with Gasteiger partial charge in [0, 0.05) is 4.47 Å². The maximum Gasteiger partial charge on any atom is 0.207 e. The molecule has 0 N–H and O–H groups in total. The van der Waals surface area contributed by atoms with E-state index in [0.29, 0.717) is 0 Å². The first kappa shape index (κ1) is 10.7. The van der Waals surface area contributed by atoms with E-state index < -0.39 is 0 Å². The van der Waals surface area contributed by atoms with E-state index in [2.05, 4.69) is 15.9 Å². The van der Waals surface area contributed by atoms with E-state index in [-0.39, 0.29) is 11.9 Å². The molecule has 2 rings (SSSR count). The molecule has 1 aromatic rings. The lowest BCUT2D eigenvalue weighted by Gasteiger charge is -2.07. The molecule has 1 aliphatic heterocycles. The fourth-order valence-corrected chi connectivity index (χ4v) is 2.27. The molecule has 0 saturated carbocycles. The molecule has 0 amide bonds. The number of ketones is 1. The highest BCUT2D eigenvalue weighted by Crippen LogP contribution is 2.37. The summed E-state index contributed by atoms with van der Waals surface area (Å²) in [5.74, 6) is 0.857. The third kappa shape index (κ3) is 1.49. The predicted octanol–water partition coefficient (Wildman–Crippen LogP) is 3.42. The van der Waals surface area contributed by atoms with Gasteiger partial charge in [0.05, 0.1) is 5.56 Å². The van der Waals surface area contributed by atoms with Gasteiger partial charge in [0.25, 0.3) is 0 Å². The van der Waals surface area contributed by atoms with Crippen molar-refractivity contribution in [2.75, 3.05) is 0 Å². The van der Waals surface area contributed by atoms with E-state index in [1.807, 2.05) is 26.8 Å². The summed E-state index contributed by atoms with van der Waals surface area (Å²) in [4.78, 5) is 12.0. The van der Waals surface area contributed by atoms with E-state index in [0.717, 1.165) is 33.3 Å². The van der Waals surface area contributed by atoms with Crippen molar-refractivity contribution in [1.82, 2.24) is 0 Å². The van der Waals surface area contributed by atoms with Crippen molar-refractivity contribution in [3.8, 4) is 5.75 Å². The first-order valence-electron chi connectivity index (χ1n) is 5.06. The Morgan fingerprint density at radius 2 is 2.13 bits per heavy atom. The second-order valence-electron chi connectivity index (χ2n) is 3.88. The standard InChI is InChI=1S/C12H13BrO2/c1-4-8-12(14)10-7(3)11(13)6(2)5-9(10)15-8/h5,8H,4H2,1-3H3. The molecule has 15 heavy (non-hydrogen) atoms. The van der Waals surface area contributed by atoms with Gasteiger partial charge < -0.3 is 4.74 Å². The molecule has 1 unspecified atom stereocenters. The first-order valence-corrected chi connectivity index (χ1v) is 5.86. The summed E-state index contributed by atoms with van der Waals surface area (Å²) in [6.07, 6.45) is 0.441. The zero-order chi connectivity index (χ0) is 11.2. The highest BCUT2D eigenvalue weighted by molar-refractivity contribution is 9.10. The number of benzene rings is 1. The van der Waals surface area contributed by atoms with Crippen molar-refractivity contribution in [3.63, 3.8) is 0 Å². The van der Waals surface area contributed by atoms with Crippen molar-refractivity contribution >= 4 is 21.7 Å². The maximum absolute atomic E-state index is 12.0. The van der Waals surface area contributed by atoms with Crippen molar-refractivity contribution < 1.29 is 9.53 Å². The monoisotopic (exact) mass is 268 g/mol. The number of aryl methyl sites for hydroxylation is 1. The molecule has 0 aromatic heterocycles. The molecule has 3 heteroatoms. The van der Waals surface area contributed by atoms with Gasteiger partial charge >= 0.3 is 0 Å². The Hall–Kier alpha value is -0.830. The summed E-state index contributed by atoms with van der Waals surface area (Å²) in [7, 11) is 0. The summed E-state index contributed by atoms with van der Waals surface area (Å²) >= 11 is 3.49. The van der Waals surface area contributed by atoms with Gasteiger partial charge in [0.15, 0.2) is 6.10 Å². The number of fused-ring (bicyclic) bond motifs is 1. The van der Waals surface area contributed by atoms with Gasteiger partial charge in [-0.05, 0) is 37.5 Å². The molecule has 0 fully saturated rings. The Bertz CT molecular complexity index is 438. The van der Waals surface area contributed by atoms with Crippen LogP contribution < -0.4 is 4.74 Å². The Morgan fingerprint density at radius 1 is 1.47 bits per heavy atom. The van der Waals surface area contributed by atoms with Crippen molar-refractivity contribution in [2.24, 2.45) is 0 Å². The number of rotatable bonds is 1. The summed E-state index contributed by atoms with van der Waals surface area (Å²) in [6.45, 7) is 5.92. The minimum atomic E-state index is -0.285. The summed E-state index contributed by atoms with van der Waals surface area (Å²) in [6, 6.07) is 1.93. The van der Waals surface area contributed by atoms with E-state index in [1.54, 1.807) is 0 Å². The molecule has 1 atom stereocenters. The van der Waals surface area contributed by atoms with Crippen LogP contribution in [0.5, 0.6) is 5.75 Å². The SMILES string of the molecule is CCC1Oc2cc(C)c(Br)c(C)c2C1=O.